The van der Waals surface area contributed by atoms with Crippen molar-refractivity contribution in [3.05, 3.63) is 76.6 Å². The smallest absolute Gasteiger partial charge is 0.253 e. The molecule has 5 nitrogen and oxygen atoms in total. The van der Waals surface area contributed by atoms with E-state index in [0.717, 1.165) is 22.5 Å². The standard InChI is InChI=1S/C21H19ClN2O3S2/c22-19-10-11-20(28-19)29(26,27)24-14-12-23(13-15-24)21(25)18-8-6-17(7-9-18)16-4-2-1-3-5-16/h1-11H,12-15H2. The summed E-state index contributed by atoms with van der Waals surface area (Å²) in [5.41, 5.74) is 2.75. The topological polar surface area (TPSA) is 57.7 Å². The first-order valence-corrected chi connectivity index (χ1v) is 11.8. The minimum atomic E-state index is -3.56. The lowest BCUT2D eigenvalue weighted by Gasteiger charge is -2.33. The largest absolute Gasteiger partial charge is 0.336 e. The van der Waals surface area contributed by atoms with E-state index >= 15 is 0 Å². The number of carbonyl (C=O) groups excluding carboxylic acids is 1. The maximum atomic E-state index is 12.8. The predicted molar refractivity (Wildman–Crippen MR) is 116 cm³/mol. The first-order valence-electron chi connectivity index (χ1n) is 9.15. The minimum absolute atomic E-state index is 0.0826. The van der Waals surface area contributed by atoms with Crippen molar-refractivity contribution in [2.45, 2.75) is 4.21 Å². The van der Waals surface area contributed by atoms with Gasteiger partial charge >= 0.3 is 0 Å². The number of carbonyl (C=O) groups is 1. The molecule has 0 radical (unpaired) electrons. The van der Waals surface area contributed by atoms with E-state index in [4.69, 9.17) is 11.6 Å². The molecule has 3 aromatic rings. The van der Waals surface area contributed by atoms with Gasteiger partial charge in [-0.1, -0.05) is 54.1 Å². The summed E-state index contributed by atoms with van der Waals surface area (Å²) in [6, 6.07) is 20.6. The van der Waals surface area contributed by atoms with Crippen molar-refractivity contribution in [3.63, 3.8) is 0 Å². The average molecular weight is 447 g/mol. The first kappa shape index (κ1) is 20.1. The molecular weight excluding hydrogens is 428 g/mol. The van der Waals surface area contributed by atoms with Crippen LogP contribution in [0.25, 0.3) is 11.1 Å². The Bertz CT molecular complexity index is 1100. The number of thiophene rings is 1. The summed E-state index contributed by atoms with van der Waals surface area (Å²) in [5.74, 6) is -0.0826. The molecule has 29 heavy (non-hydrogen) atoms. The normalized spacial score (nSPS) is 15.4. The van der Waals surface area contributed by atoms with Gasteiger partial charge in [-0.15, -0.1) is 11.3 Å². The quantitative estimate of drug-likeness (QED) is 0.603. The highest BCUT2D eigenvalue weighted by Crippen LogP contribution is 2.29. The van der Waals surface area contributed by atoms with Crippen molar-refractivity contribution < 1.29 is 13.2 Å². The van der Waals surface area contributed by atoms with Crippen molar-refractivity contribution >= 4 is 38.9 Å². The van der Waals surface area contributed by atoms with Crippen molar-refractivity contribution in [1.29, 1.82) is 0 Å². The van der Waals surface area contributed by atoms with Gasteiger partial charge < -0.3 is 4.90 Å². The second-order valence-electron chi connectivity index (χ2n) is 6.70. The van der Waals surface area contributed by atoms with Crippen LogP contribution in [-0.2, 0) is 10.0 Å². The molecule has 150 valence electrons. The van der Waals surface area contributed by atoms with Crippen molar-refractivity contribution in [2.24, 2.45) is 0 Å². The fraction of sp³-hybridized carbons (Fsp3) is 0.190. The van der Waals surface area contributed by atoms with Gasteiger partial charge in [0.1, 0.15) is 4.21 Å². The fourth-order valence-corrected chi connectivity index (χ4v) is 6.37. The van der Waals surface area contributed by atoms with Crippen molar-refractivity contribution in [3.8, 4) is 11.1 Å². The third-order valence-electron chi connectivity index (χ3n) is 4.91. The number of piperazine rings is 1. The number of halogens is 1. The van der Waals surface area contributed by atoms with Crippen LogP contribution in [0.4, 0.5) is 0 Å². The maximum absolute atomic E-state index is 12.8. The number of hydrogen-bond donors (Lipinski definition) is 0. The molecule has 1 amide bonds. The monoisotopic (exact) mass is 446 g/mol. The highest BCUT2D eigenvalue weighted by Gasteiger charge is 2.31. The van der Waals surface area contributed by atoms with Crippen LogP contribution in [0.1, 0.15) is 10.4 Å². The zero-order valence-corrected chi connectivity index (χ0v) is 17.9. The highest BCUT2D eigenvalue weighted by atomic mass is 35.5. The van der Waals surface area contributed by atoms with E-state index in [2.05, 4.69) is 0 Å². The Kier molecular flexibility index (Phi) is 5.74. The zero-order valence-electron chi connectivity index (χ0n) is 15.5. The second-order valence-corrected chi connectivity index (χ2v) is 10.6. The van der Waals surface area contributed by atoms with Crippen LogP contribution in [0, 0.1) is 0 Å². The van der Waals surface area contributed by atoms with Crippen LogP contribution >= 0.6 is 22.9 Å². The van der Waals surface area contributed by atoms with E-state index in [1.807, 2.05) is 54.6 Å². The van der Waals surface area contributed by atoms with Gasteiger partial charge in [-0.3, -0.25) is 4.79 Å². The molecule has 0 atom stereocenters. The molecule has 0 spiro atoms. The SMILES string of the molecule is O=C(c1ccc(-c2ccccc2)cc1)N1CCN(S(=O)(=O)c2ccc(Cl)s2)CC1. The van der Waals surface area contributed by atoms with Crippen LogP contribution in [0.5, 0.6) is 0 Å². The number of amides is 1. The fourth-order valence-electron chi connectivity index (χ4n) is 3.31. The summed E-state index contributed by atoms with van der Waals surface area (Å²) in [7, 11) is -3.56. The van der Waals surface area contributed by atoms with E-state index < -0.39 is 10.0 Å². The minimum Gasteiger partial charge on any atom is -0.336 e. The van der Waals surface area contributed by atoms with Crippen LogP contribution in [0.15, 0.2) is 70.9 Å². The summed E-state index contributed by atoms with van der Waals surface area (Å²) in [4.78, 5) is 14.5. The van der Waals surface area contributed by atoms with Gasteiger partial charge in [0.15, 0.2) is 0 Å². The molecule has 8 heteroatoms. The summed E-state index contributed by atoms with van der Waals surface area (Å²) < 4.78 is 27.5. The maximum Gasteiger partial charge on any atom is 0.253 e. The van der Waals surface area contributed by atoms with E-state index in [-0.39, 0.29) is 23.2 Å². The highest BCUT2D eigenvalue weighted by molar-refractivity contribution is 7.91. The summed E-state index contributed by atoms with van der Waals surface area (Å²) in [5, 5.41) is 0. The van der Waals surface area contributed by atoms with E-state index in [1.54, 1.807) is 11.0 Å². The Morgan fingerprint density at radius 3 is 2.03 bits per heavy atom. The Hall–Kier alpha value is -2.19. The molecule has 0 aliphatic carbocycles. The average Bonchev–Trinajstić information content (AvgIpc) is 3.21. The third kappa shape index (κ3) is 4.23. The van der Waals surface area contributed by atoms with Gasteiger partial charge in [-0.2, -0.15) is 4.31 Å². The predicted octanol–water partition coefficient (Wildman–Crippen LogP) is 4.22. The van der Waals surface area contributed by atoms with Gasteiger partial charge in [0, 0.05) is 31.7 Å². The first-order chi connectivity index (χ1) is 13.9. The lowest BCUT2D eigenvalue weighted by Crippen LogP contribution is -2.50. The van der Waals surface area contributed by atoms with Crippen molar-refractivity contribution in [2.75, 3.05) is 26.2 Å². The summed E-state index contributed by atoms with van der Waals surface area (Å²) >= 11 is 6.92. The molecule has 4 rings (SSSR count). The number of rotatable bonds is 4. The van der Waals surface area contributed by atoms with Gasteiger partial charge in [0.05, 0.1) is 4.34 Å². The lowest BCUT2D eigenvalue weighted by atomic mass is 10.0. The number of sulfonamides is 1. The Morgan fingerprint density at radius 2 is 1.45 bits per heavy atom. The molecule has 1 fully saturated rings. The zero-order chi connectivity index (χ0) is 20.4. The van der Waals surface area contributed by atoms with Crippen LogP contribution < -0.4 is 0 Å². The van der Waals surface area contributed by atoms with Crippen LogP contribution in [0.3, 0.4) is 0 Å². The molecular formula is C21H19ClN2O3S2. The van der Waals surface area contributed by atoms with Gasteiger partial charge in [0.2, 0.25) is 0 Å². The van der Waals surface area contributed by atoms with Gasteiger partial charge in [-0.05, 0) is 35.4 Å². The summed E-state index contributed by atoms with van der Waals surface area (Å²) in [6.45, 7) is 1.26. The molecule has 1 saturated heterocycles. The number of nitrogens with zero attached hydrogens (tertiary/aromatic N) is 2. The second kappa shape index (κ2) is 8.28. The number of hydrogen-bond acceptors (Lipinski definition) is 4. The summed E-state index contributed by atoms with van der Waals surface area (Å²) in [6.07, 6.45) is 0. The molecule has 0 saturated carbocycles. The molecule has 1 aliphatic rings. The molecule has 0 N–H and O–H groups in total. The van der Waals surface area contributed by atoms with Crippen LogP contribution in [-0.4, -0.2) is 49.7 Å². The molecule has 0 unspecified atom stereocenters. The Morgan fingerprint density at radius 1 is 0.828 bits per heavy atom. The Labute approximate surface area is 179 Å². The molecule has 0 bridgehead atoms. The third-order valence-corrected chi connectivity index (χ3v) is 8.50. The molecule has 2 heterocycles. The Balaban J connectivity index is 1.41. The van der Waals surface area contributed by atoms with E-state index in [1.165, 1.54) is 10.4 Å². The van der Waals surface area contributed by atoms with Crippen LogP contribution in [0.2, 0.25) is 4.34 Å². The van der Waals surface area contributed by atoms with E-state index in [0.29, 0.717) is 23.0 Å². The molecule has 2 aromatic carbocycles. The van der Waals surface area contributed by atoms with Gasteiger partial charge in [-0.25, -0.2) is 8.42 Å². The van der Waals surface area contributed by atoms with Crippen molar-refractivity contribution in [1.82, 2.24) is 9.21 Å². The number of benzene rings is 2. The lowest BCUT2D eigenvalue weighted by molar-refractivity contribution is 0.0698. The molecule has 1 aliphatic heterocycles. The van der Waals surface area contributed by atoms with E-state index in [9.17, 15) is 13.2 Å². The molecule has 1 aromatic heterocycles. The van der Waals surface area contributed by atoms with Gasteiger partial charge in [0.25, 0.3) is 15.9 Å².